The number of nitrogens with zero attached hydrogens (tertiary/aromatic N) is 3. The van der Waals surface area contributed by atoms with Crippen molar-refractivity contribution in [2.75, 3.05) is 16.6 Å². The summed E-state index contributed by atoms with van der Waals surface area (Å²) >= 11 is 0. The highest BCUT2D eigenvalue weighted by atomic mass is 32.2. The third-order valence-corrected chi connectivity index (χ3v) is 4.25. The molecule has 0 atom stereocenters. The van der Waals surface area contributed by atoms with Gasteiger partial charge >= 0.3 is 7.32 Å². The van der Waals surface area contributed by atoms with E-state index in [-0.39, 0.29) is 17.5 Å². The molecule has 98 valence electrons. The van der Waals surface area contributed by atoms with Crippen LogP contribution in [0, 0.1) is 0 Å². The van der Waals surface area contributed by atoms with Gasteiger partial charge in [-0.15, -0.1) is 0 Å². The molecule has 18 heavy (non-hydrogen) atoms. The smallest absolute Gasteiger partial charge is 0.509 e. The Kier molecular flexibility index (Phi) is 3.69. The SMILES string of the molecule is O=S1(=O)CCCCN1c1ncc(OB(O)O)cn1. The zero-order valence-corrected chi connectivity index (χ0v) is 10.2. The fraction of sp³-hybridized carbons (Fsp3) is 0.500. The lowest BCUT2D eigenvalue weighted by molar-refractivity contribution is 0.287. The normalized spacial score (nSPS) is 18.4. The van der Waals surface area contributed by atoms with Crippen LogP contribution in [0.25, 0.3) is 0 Å². The first-order valence-electron chi connectivity index (χ1n) is 5.34. The molecule has 2 heterocycles. The first-order chi connectivity index (χ1) is 8.49. The molecule has 0 saturated carbocycles. The molecule has 0 amide bonds. The Bertz CT molecular complexity index is 506. The summed E-state index contributed by atoms with van der Waals surface area (Å²) in [7, 11) is -5.30. The van der Waals surface area contributed by atoms with Gasteiger partial charge in [-0.05, 0) is 12.8 Å². The Labute approximate surface area is 104 Å². The number of hydrogen-bond donors (Lipinski definition) is 2. The summed E-state index contributed by atoms with van der Waals surface area (Å²) < 4.78 is 29.2. The summed E-state index contributed by atoms with van der Waals surface area (Å²) in [4.78, 5) is 7.68. The third-order valence-electron chi connectivity index (χ3n) is 2.43. The average Bonchev–Trinajstić information content (AvgIpc) is 2.29. The largest absolute Gasteiger partial charge is 0.707 e. The maximum atomic E-state index is 11.8. The van der Waals surface area contributed by atoms with Gasteiger partial charge in [-0.2, -0.15) is 0 Å². The first-order valence-corrected chi connectivity index (χ1v) is 6.95. The molecule has 0 aromatic carbocycles. The van der Waals surface area contributed by atoms with Crippen molar-refractivity contribution in [2.45, 2.75) is 12.8 Å². The summed E-state index contributed by atoms with van der Waals surface area (Å²) in [6.45, 7) is 0.352. The molecule has 1 aliphatic rings. The molecule has 1 aliphatic heterocycles. The minimum absolute atomic E-state index is 0.0446. The van der Waals surface area contributed by atoms with Gasteiger partial charge in [0.2, 0.25) is 16.0 Å². The lowest BCUT2D eigenvalue weighted by Gasteiger charge is -2.26. The molecular weight excluding hydrogens is 261 g/mol. The molecule has 1 aromatic heterocycles. The molecule has 0 unspecified atom stereocenters. The van der Waals surface area contributed by atoms with Crippen LogP contribution in [-0.4, -0.2) is 48.1 Å². The molecule has 8 nitrogen and oxygen atoms in total. The second-order valence-electron chi connectivity index (χ2n) is 3.76. The predicted octanol–water partition coefficient (Wildman–Crippen LogP) is -1.25. The number of hydrogen-bond acceptors (Lipinski definition) is 7. The van der Waals surface area contributed by atoms with E-state index in [1.807, 2.05) is 0 Å². The molecule has 0 spiro atoms. The first kappa shape index (κ1) is 13.1. The van der Waals surface area contributed by atoms with Crippen LogP contribution in [0.5, 0.6) is 5.75 Å². The van der Waals surface area contributed by atoms with Crippen LogP contribution in [0.1, 0.15) is 12.8 Å². The van der Waals surface area contributed by atoms with Gasteiger partial charge in [0.1, 0.15) is 5.75 Å². The lowest BCUT2D eigenvalue weighted by atomic mass is 10.2. The van der Waals surface area contributed by atoms with E-state index in [1.54, 1.807) is 0 Å². The maximum Gasteiger partial charge on any atom is 0.707 e. The highest BCUT2D eigenvalue weighted by molar-refractivity contribution is 7.92. The number of sulfonamides is 1. The Balaban J connectivity index is 2.18. The van der Waals surface area contributed by atoms with Gasteiger partial charge in [0.25, 0.3) is 0 Å². The number of aromatic nitrogens is 2. The van der Waals surface area contributed by atoms with E-state index in [2.05, 4.69) is 14.6 Å². The van der Waals surface area contributed by atoms with Gasteiger partial charge in [0.05, 0.1) is 18.1 Å². The minimum atomic E-state index is -3.34. The molecule has 2 rings (SSSR count). The Morgan fingerprint density at radius 1 is 1.28 bits per heavy atom. The molecule has 1 aromatic rings. The fourth-order valence-corrected chi connectivity index (χ4v) is 3.17. The summed E-state index contributed by atoms with van der Waals surface area (Å²) in [6, 6.07) is 0. The van der Waals surface area contributed by atoms with Crippen molar-refractivity contribution in [3.8, 4) is 5.75 Å². The highest BCUT2D eigenvalue weighted by Gasteiger charge is 2.28. The van der Waals surface area contributed by atoms with Crippen LogP contribution < -0.4 is 8.96 Å². The highest BCUT2D eigenvalue weighted by Crippen LogP contribution is 2.20. The monoisotopic (exact) mass is 273 g/mol. The Hall–Kier alpha value is -1.39. The predicted molar refractivity (Wildman–Crippen MR) is 63.2 cm³/mol. The van der Waals surface area contributed by atoms with Gasteiger partial charge in [-0.25, -0.2) is 22.7 Å². The molecule has 10 heteroatoms. The zero-order chi connectivity index (χ0) is 13.2. The van der Waals surface area contributed by atoms with E-state index in [0.717, 1.165) is 10.7 Å². The van der Waals surface area contributed by atoms with Crippen molar-refractivity contribution in [3.63, 3.8) is 0 Å². The van der Waals surface area contributed by atoms with Crippen molar-refractivity contribution in [3.05, 3.63) is 12.4 Å². The number of anilines is 1. The molecule has 1 fully saturated rings. The lowest BCUT2D eigenvalue weighted by Crippen LogP contribution is -2.38. The van der Waals surface area contributed by atoms with Gasteiger partial charge < -0.3 is 14.7 Å². The standard InChI is InChI=1S/C8H12BN3O5S/c13-9(14)17-7-5-10-8(11-6-7)12-3-1-2-4-18(12,15)16/h5-6,13-14H,1-4H2. The molecule has 0 bridgehead atoms. The maximum absolute atomic E-state index is 11.8. The molecule has 0 radical (unpaired) electrons. The molecule has 0 aliphatic carbocycles. The van der Waals surface area contributed by atoms with E-state index in [9.17, 15) is 8.42 Å². The van der Waals surface area contributed by atoms with E-state index >= 15 is 0 Å². The van der Waals surface area contributed by atoms with Crippen LogP contribution >= 0.6 is 0 Å². The quantitative estimate of drug-likeness (QED) is 0.662. The third kappa shape index (κ3) is 2.89. The minimum Gasteiger partial charge on any atom is -0.509 e. The summed E-state index contributed by atoms with van der Waals surface area (Å²) in [5.41, 5.74) is 0. The number of rotatable bonds is 3. The fourth-order valence-electron chi connectivity index (χ4n) is 1.63. The Morgan fingerprint density at radius 2 is 1.94 bits per heavy atom. The summed E-state index contributed by atoms with van der Waals surface area (Å²) in [6.07, 6.45) is 3.77. The van der Waals surface area contributed by atoms with Gasteiger partial charge in [0, 0.05) is 6.54 Å². The summed E-state index contributed by atoms with van der Waals surface area (Å²) in [5.74, 6) is 0.196. The van der Waals surface area contributed by atoms with E-state index in [1.165, 1.54) is 12.4 Å². The van der Waals surface area contributed by atoms with Crippen LogP contribution in [0.15, 0.2) is 12.4 Å². The second kappa shape index (κ2) is 5.08. The molecule has 2 N–H and O–H groups in total. The van der Waals surface area contributed by atoms with Crippen LogP contribution in [0.3, 0.4) is 0 Å². The van der Waals surface area contributed by atoms with Gasteiger partial charge in [-0.1, -0.05) is 0 Å². The van der Waals surface area contributed by atoms with E-state index in [0.29, 0.717) is 13.0 Å². The second-order valence-corrected chi connectivity index (χ2v) is 5.77. The zero-order valence-electron chi connectivity index (χ0n) is 9.43. The Morgan fingerprint density at radius 3 is 2.50 bits per heavy atom. The van der Waals surface area contributed by atoms with Crippen molar-refractivity contribution in [1.29, 1.82) is 0 Å². The van der Waals surface area contributed by atoms with Crippen LogP contribution in [0.2, 0.25) is 0 Å². The van der Waals surface area contributed by atoms with Gasteiger partial charge in [0.15, 0.2) is 0 Å². The topological polar surface area (TPSA) is 113 Å². The molecule has 1 saturated heterocycles. The van der Waals surface area contributed by atoms with Crippen molar-refractivity contribution < 1.29 is 23.1 Å². The average molecular weight is 273 g/mol. The molecular formula is C8H12BN3O5S. The van der Waals surface area contributed by atoms with Crippen molar-refractivity contribution in [1.82, 2.24) is 9.97 Å². The van der Waals surface area contributed by atoms with E-state index < -0.39 is 17.3 Å². The van der Waals surface area contributed by atoms with Crippen molar-refractivity contribution in [2.24, 2.45) is 0 Å². The summed E-state index contributed by atoms with van der Waals surface area (Å²) in [5, 5.41) is 17.2. The van der Waals surface area contributed by atoms with E-state index in [4.69, 9.17) is 10.0 Å². The van der Waals surface area contributed by atoms with Gasteiger partial charge in [-0.3, -0.25) is 0 Å². The van der Waals surface area contributed by atoms with Crippen molar-refractivity contribution >= 4 is 23.3 Å². The van der Waals surface area contributed by atoms with Crippen LogP contribution in [-0.2, 0) is 10.0 Å². The van der Waals surface area contributed by atoms with Crippen LogP contribution in [0.4, 0.5) is 5.95 Å².